The summed E-state index contributed by atoms with van der Waals surface area (Å²) in [5.41, 5.74) is 3.43. The number of nitrogens with zero attached hydrogens (tertiary/aromatic N) is 2. The second-order valence-corrected chi connectivity index (χ2v) is 3.07. The van der Waals surface area contributed by atoms with Gasteiger partial charge in [0.25, 0.3) is 0 Å². The van der Waals surface area contributed by atoms with Gasteiger partial charge < -0.3 is 4.57 Å². The maximum absolute atomic E-state index is 4.35. The molecule has 1 aromatic carbocycles. The van der Waals surface area contributed by atoms with E-state index in [1.807, 2.05) is 30.9 Å². The maximum Gasteiger partial charge on any atom is 0.0956 e. The minimum atomic E-state index is 1.07. The van der Waals surface area contributed by atoms with Crippen molar-refractivity contribution in [2.45, 2.75) is 6.92 Å². The first-order chi connectivity index (χ1) is 6.33. The lowest BCUT2D eigenvalue weighted by molar-refractivity contribution is 0.948. The highest BCUT2D eigenvalue weighted by Gasteiger charge is 2.01. The lowest BCUT2D eigenvalue weighted by Gasteiger charge is -1.96. The number of imidazole rings is 1. The highest BCUT2D eigenvalue weighted by molar-refractivity contribution is 5.84. The monoisotopic (exact) mass is 172 g/mol. The van der Waals surface area contributed by atoms with E-state index in [1.54, 1.807) is 0 Å². The quantitative estimate of drug-likeness (QED) is 0.646. The van der Waals surface area contributed by atoms with E-state index in [-0.39, 0.29) is 0 Å². The molecule has 66 valence electrons. The standard InChI is InChI=1S/C11H12N2/c1-3-5-9-6-4-7-10-11(9)12-8-13(10)2/h3-8H,1-2H3/b5-3+. The predicted octanol–water partition coefficient (Wildman–Crippen LogP) is 2.61. The molecule has 0 bridgehead atoms. The smallest absolute Gasteiger partial charge is 0.0956 e. The van der Waals surface area contributed by atoms with Crippen LogP contribution in [0.5, 0.6) is 0 Å². The van der Waals surface area contributed by atoms with E-state index < -0.39 is 0 Å². The molecule has 0 N–H and O–H groups in total. The van der Waals surface area contributed by atoms with E-state index in [2.05, 4.69) is 29.3 Å². The van der Waals surface area contributed by atoms with Crippen LogP contribution in [0.3, 0.4) is 0 Å². The average molecular weight is 172 g/mol. The zero-order valence-electron chi connectivity index (χ0n) is 7.86. The van der Waals surface area contributed by atoms with Gasteiger partial charge in [0.2, 0.25) is 0 Å². The molecule has 1 aromatic heterocycles. The first-order valence-electron chi connectivity index (χ1n) is 4.35. The van der Waals surface area contributed by atoms with E-state index in [4.69, 9.17) is 0 Å². The van der Waals surface area contributed by atoms with Gasteiger partial charge in [-0.3, -0.25) is 0 Å². The number of rotatable bonds is 1. The molecule has 0 radical (unpaired) electrons. The Balaban J connectivity index is 2.76. The van der Waals surface area contributed by atoms with Crippen molar-refractivity contribution >= 4 is 17.1 Å². The summed E-state index contributed by atoms with van der Waals surface area (Å²) in [6.45, 7) is 2.02. The summed E-state index contributed by atoms with van der Waals surface area (Å²) in [6.07, 6.45) is 5.95. The molecule has 2 nitrogen and oxygen atoms in total. The molecule has 0 saturated carbocycles. The lowest BCUT2D eigenvalue weighted by Crippen LogP contribution is -1.83. The molecular weight excluding hydrogens is 160 g/mol. The van der Waals surface area contributed by atoms with E-state index in [1.165, 1.54) is 11.1 Å². The highest BCUT2D eigenvalue weighted by atomic mass is 15.0. The van der Waals surface area contributed by atoms with Crippen LogP contribution in [0.2, 0.25) is 0 Å². The molecule has 0 aliphatic carbocycles. The van der Waals surface area contributed by atoms with Crippen LogP contribution in [0.4, 0.5) is 0 Å². The van der Waals surface area contributed by atoms with Gasteiger partial charge in [-0.1, -0.05) is 24.3 Å². The molecular formula is C11H12N2. The Morgan fingerprint density at radius 2 is 2.23 bits per heavy atom. The fourth-order valence-corrected chi connectivity index (χ4v) is 1.49. The molecule has 2 rings (SSSR count). The maximum atomic E-state index is 4.35. The van der Waals surface area contributed by atoms with Gasteiger partial charge in [0, 0.05) is 12.6 Å². The number of aryl methyl sites for hydroxylation is 1. The second-order valence-electron chi connectivity index (χ2n) is 3.07. The van der Waals surface area contributed by atoms with Crippen molar-refractivity contribution in [2.24, 2.45) is 7.05 Å². The molecule has 0 aliphatic rings. The summed E-state index contributed by atoms with van der Waals surface area (Å²) in [5.74, 6) is 0. The van der Waals surface area contributed by atoms with Gasteiger partial charge in [-0.05, 0) is 13.0 Å². The van der Waals surface area contributed by atoms with Gasteiger partial charge in [0.1, 0.15) is 0 Å². The topological polar surface area (TPSA) is 17.8 Å². The number of hydrogen-bond acceptors (Lipinski definition) is 1. The van der Waals surface area contributed by atoms with Gasteiger partial charge in [0.15, 0.2) is 0 Å². The van der Waals surface area contributed by atoms with E-state index in [9.17, 15) is 0 Å². The number of para-hydroxylation sites is 1. The Hall–Kier alpha value is -1.57. The molecule has 2 aromatic rings. The summed E-state index contributed by atoms with van der Waals surface area (Å²) in [7, 11) is 2.01. The summed E-state index contributed by atoms with van der Waals surface area (Å²) >= 11 is 0. The van der Waals surface area contributed by atoms with Crippen molar-refractivity contribution in [1.82, 2.24) is 9.55 Å². The zero-order valence-corrected chi connectivity index (χ0v) is 7.86. The van der Waals surface area contributed by atoms with Crippen molar-refractivity contribution in [1.29, 1.82) is 0 Å². The van der Waals surface area contributed by atoms with E-state index in [0.717, 1.165) is 5.52 Å². The van der Waals surface area contributed by atoms with Crippen molar-refractivity contribution in [3.8, 4) is 0 Å². The van der Waals surface area contributed by atoms with Crippen molar-refractivity contribution in [3.05, 3.63) is 36.2 Å². The number of hydrogen-bond donors (Lipinski definition) is 0. The van der Waals surface area contributed by atoms with Gasteiger partial charge in [-0.2, -0.15) is 0 Å². The van der Waals surface area contributed by atoms with E-state index in [0.29, 0.717) is 0 Å². The van der Waals surface area contributed by atoms with Crippen molar-refractivity contribution in [2.75, 3.05) is 0 Å². The third-order valence-corrected chi connectivity index (χ3v) is 2.13. The summed E-state index contributed by atoms with van der Waals surface area (Å²) in [5, 5.41) is 0. The number of aromatic nitrogens is 2. The van der Waals surface area contributed by atoms with Gasteiger partial charge in [0.05, 0.1) is 17.4 Å². The van der Waals surface area contributed by atoms with Crippen LogP contribution in [0.1, 0.15) is 12.5 Å². The Kier molecular flexibility index (Phi) is 1.89. The molecule has 13 heavy (non-hydrogen) atoms. The first-order valence-corrected chi connectivity index (χ1v) is 4.35. The molecule has 0 spiro atoms. The molecule has 0 fully saturated rings. The molecule has 2 heteroatoms. The van der Waals surface area contributed by atoms with Crippen LogP contribution in [-0.2, 0) is 7.05 Å². The first kappa shape index (κ1) is 8.05. The Morgan fingerprint density at radius 1 is 1.38 bits per heavy atom. The normalized spacial score (nSPS) is 11.5. The van der Waals surface area contributed by atoms with E-state index >= 15 is 0 Å². The largest absolute Gasteiger partial charge is 0.334 e. The summed E-state index contributed by atoms with van der Waals surface area (Å²) < 4.78 is 2.03. The Labute approximate surface area is 77.5 Å². The van der Waals surface area contributed by atoms with Crippen LogP contribution in [0.25, 0.3) is 17.1 Å². The predicted molar refractivity (Wildman–Crippen MR) is 55.4 cm³/mol. The van der Waals surface area contributed by atoms with Crippen LogP contribution >= 0.6 is 0 Å². The van der Waals surface area contributed by atoms with Crippen molar-refractivity contribution in [3.63, 3.8) is 0 Å². The summed E-state index contributed by atoms with van der Waals surface area (Å²) in [6, 6.07) is 6.21. The lowest BCUT2D eigenvalue weighted by atomic mass is 10.2. The minimum Gasteiger partial charge on any atom is -0.334 e. The average Bonchev–Trinajstić information content (AvgIpc) is 2.50. The number of allylic oxidation sites excluding steroid dienone is 1. The van der Waals surface area contributed by atoms with Gasteiger partial charge in [-0.15, -0.1) is 0 Å². The van der Waals surface area contributed by atoms with Crippen LogP contribution in [0, 0.1) is 0 Å². The molecule has 0 atom stereocenters. The zero-order chi connectivity index (χ0) is 9.26. The molecule has 1 heterocycles. The minimum absolute atomic E-state index is 1.07. The third kappa shape index (κ3) is 1.24. The highest BCUT2D eigenvalue weighted by Crippen LogP contribution is 2.17. The van der Waals surface area contributed by atoms with Crippen LogP contribution in [-0.4, -0.2) is 9.55 Å². The summed E-state index contributed by atoms with van der Waals surface area (Å²) in [4.78, 5) is 4.35. The fourth-order valence-electron chi connectivity index (χ4n) is 1.49. The fraction of sp³-hybridized carbons (Fsp3) is 0.182. The van der Waals surface area contributed by atoms with Crippen molar-refractivity contribution < 1.29 is 0 Å². The number of benzene rings is 1. The third-order valence-electron chi connectivity index (χ3n) is 2.13. The number of fused-ring (bicyclic) bond motifs is 1. The molecule has 0 saturated heterocycles. The van der Waals surface area contributed by atoms with Gasteiger partial charge >= 0.3 is 0 Å². The van der Waals surface area contributed by atoms with Crippen LogP contribution < -0.4 is 0 Å². The SMILES string of the molecule is C/C=C/c1cccc2c1ncn2C. The Morgan fingerprint density at radius 3 is 3.00 bits per heavy atom. The molecule has 0 aliphatic heterocycles. The van der Waals surface area contributed by atoms with Crippen LogP contribution in [0.15, 0.2) is 30.6 Å². The second kappa shape index (κ2) is 3.05. The Bertz CT molecular complexity index is 452. The molecule has 0 unspecified atom stereocenters. The van der Waals surface area contributed by atoms with Gasteiger partial charge in [-0.25, -0.2) is 4.98 Å². The molecule has 0 amide bonds.